The van der Waals surface area contributed by atoms with E-state index in [1.54, 1.807) is 0 Å². The van der Waals surface area contributed by atoms with Gasteiger partial charge in [0.05, 0.1) is 16.5 Å². The van der Waals surface area contributed by atoms with Crippen LogP contribution in [0.3, 0.4) is 0 Å². The van der Waals surface area contributed by atoms with Gasteiger partial charge >= 0.3 is 0 Å². The Morgan fingerprint density at radius 1 is 1.03 bits per heavy atom. The number of carbonyl (C=O) groups excluding carboxylic acids is 1. The number of anilines is 1. The summed E-state index contributed by atoms with van der Waals surface area (Å²) in [6.07, 6.45) is 11.9. The molecule has 6 nitrogen and oxygen atoms in total. The van der Waals surface area contributed by atoms with Crippen molar-refractivity contribution >= 4 is 34.0 Å². The molecule has 1 aliphatic carbocycles. The lowest BCUT2D eigenvalue weighted by Gasteiger charge is -2.40. The highest BCUT2D eigenvalue weighted by Gasteiger charge is 2.42. The van der Waals surface area contributed by atoms with Gasteiger partial charge in [0.25, 0.3) is 5.91 Å². The number of hydrogen-bond acceptors (Lipinski definition) is 4. The third-order valence-corrected chi connectivity index (χ3v) is 9.70. The van der Waals surface area contributed by atoms with Crippen molar-refractivity contribution in [2.45, 2.75) is 44.6 Å². The van der Waals surface area contributed by atoms with Crippen LogP contribution < -0.4 is 4.90 Å². The number of fused-ring (bicyclic) bond motifs is 2. The Balaban J connectivity index is 1.11. The molecule has 3 aliphatic rings. The van der Waals surface area contributed by atoms with E-state index in [2.05, 4.69) is 39.0 Å². The Bertz CT molecular complexity index is 1540. The van der Waals surface area contributed by atoms with Crippen LogP contribution in [0.1, 0.15) is 59.6 Å². The van der Waals surface area contributed by atoms with E-state index in [-0.39, 0.29) is 23.2 Å². The van der Waals surface area contributed by atoms with Crippen molar-refractivity contribution in [2.24, 2.45) is 5.41 Å². The molecule has 200 valence electrons. The molecule has 2 aromatic carbocycles. The lowest BCUT2D eigenvalue weighted by atomic mass is 9.77. The smallest absolute Gasteiger partial charge is 0.253 e. The number of benzene rings is 2. The van der Waals surface area contributed by atoms with Crippen molar-refractivity contribution in [3.8, 4) is 5.88 Å². The van der Waals surface area contributed by atoms with Crippen LogP contribution in [0.25, 0.3) is 10.8 Å². The summed E-state index contributed by atoms with van der Waals surface area (Å²) >= 11 is 6.43. The summed E-state index contributed by atoms with van der Waals surface area (Å²) in [5.74, 6) is 0.324. The standard InChI is InChI=1S/C32H33ClN4O2/c33-27-5-1-4-24-20-37(31(39)29(24)27)28-6-2-3-22-7-8-23(19-26(22)28)30(38)36-18-13-32(21-36)11-16-35(17-12-32)25-9-14-34-15-10-25/h1,4-5,7-10,14-15,19-20,28,39H,2-3,6,11-13,16-18,21H2/t28-/m0/s1. The molecule has 2 fully saturated rings. The molecule has 0 radical (unpaired) electrons. The number of aromatic hydroxyl groups is 1. The largest absolute Gasteiger partial charge is 0.494 e. The number of halogens is 1. The van der Waals surface area contributed by atoms with Crippen molar-refractivity contribution in [3.63, 3.8) is 0 Å². The van der Waals surface area contributed by atoms with E-state index in [0.717, 1.165) is 81.2 Å². The van der Waals surface area contributed by atoms with Gasteiger partial charge < -0.3 is 19.5 Å². The van der Waals surface area contributed by atoms with Crippen LogP contribution in [0.15, 0.2) is 67.1 Å². The fraction of sp³-hybridized carbons (Fsp3) is 0.375. The Labute approximate surface area is 233 Å². The molecule has 1 N–H and O–H groups in total. The van der Waals surface area contributed by atoms with E-state index in [9.17, 15) is 9.90 Å². The van der Waals surface area contributed by atoms with Gasteiger partial charge in [-0.1, -0.05) is 29.8 Å². The normalized spacial score (nSPS) is 20.5. The molecule has 39 heavy (non-hydrogen) atoms. The Hall–Kier alpha value is -3.51. The van der Waals surface area contributed by atoms with Crippen LogP contribution in [-0.4, -0.2) is 51.6 Å². The summed E-state index contributed by atoms with van der Waals surface area (Å²) < 4.78 is 1.95. The van der Waals surface area contributed by atoms with Crippen LogP contribution in [-0.2, 0) is 6.42 Å². The van der Waals surface area contributed by atoms with Gasteiger partial charge in [0.1, 0.15) is 0 Å². The van der Waals surface area contributed by atoms with Crippen molar-refractivity contribution in [2.75, 3.05) is 31.1 Å². The van der Waals surface area contributed by atoms with Gasteiger partial charge in [-0.2, -0.15) is 0 Å². The second-order valence-electron chi connectivity index (χ2n) is 11.6. The molecule has 4 heterocycles. The molecule has 2 aliphatic heterocycles. The monoisotopic (exact) mass is 540 g/mol. The molecule has 0 saturated carbocycles. The minimum absolute atomic E-state index is 0.0209. The summed E-state index contributed by atoms with van der Waals surface area (Å²) in [6.45, 7) is 3.69. The number of likely N-dealkylation sites (tertiary alicyclic amines) is 1. The SMILES string of the molecule is O=C(c1ccc2c(c1)[C@@H](n1cc3cccc(Cl)c3c1O)CCC2)N1CCC2(CCN(c3ccncc3)CC2)C1. The zero-order chi connectivity index (χ0) is 26.6. The fourth-order valence-corrected chi connectivity index (χ4v) is 7.42. The number of pyridine rings is 1. The van der Waals surface area contributed by atoms with E-state index < -0.39 is 0 Å². The number of hydrogen-bond donors (Lipinski definition) is 1. The summed E-state index contributed by atoms with van der Waals surface area (Å²) in [4.78, 5) is 22.4. The molecule has 1 amide bonds. The molecule has 2 aromatic heterocycles. The van der Waals surface area contributed by atoms with Gasteiger partial charge in [0.2, 0.25) is 5.88 Å². The van der Waals surface area contributed by atoms with Crippen LogP contribution in [0.2, 0.25) is 5.02 Å². The maximum atomic E-state index is 13.8. The fourth-order valence-electron chi connectivity index (χ4n) is 7.15. The molecule has 2 saturated heterocycles. The zero-order valence-corrected chi connectivity index (χ0v) is 22.8. The molecule has 7 heteroatoms. The summed E-state index contributed by atoms with van der Waals surface area (Å²) in [7, 11) is 0. The molecule has 1 spiro atoms. The summed E-state index contributed by atoms with van der Waals surface area (Å²) in [5, 5.41) is 13.3. The lowest BCUT2D eigenvalue weighted by molar-refractivity contribution is 0.0764. The minimum Gasteiger partial charge on any atom is -0.494 e. The molecule has 7 rings (SSSR count). The van der Waals surface area contributed by atoms with E-state index in [1.165, 1.54) is 11.3 Å². The van der Waals surface area contributed by atoms with E-state index in [0.29, 0.717) is 10.4 Å². The summed E-state index contributed by atoms with van der Waals surface area (Å²) in [6, 6.07) is 16.1. The Morgan fingerprint density at radius 2 is 1.82 bits per heavy atom. The average molecular weight is 541 g/mol. The third kappa shape index (κ3) is 4.26. The number of nitrogens with zero attached hydrogens (tertiary/aromatic N) is 4. The highest BCUT2D eigenvalue weighted by molar-refractivity contribution is 6.36. The van der Waals surface area contributed by atoms with Crippen molar-refractivity contribution in [3.05, 3.63) is 88.8 Å². The zero-order valence-electron chi connectivity index (χ0n) is 22.0. The molecular formula is C32H33ClN4O2. The van der Waals surface area contributed by atoms with Crippen LogP contribution in [0.4, 0.5) is 5.69 Å². The predicted octanol–water partition coefficient (Wildman–Crippen LogP) is 6.45. The Morgan fingerprint density at radius 3 is 2.62 bits per heavy atom. The minimum atomic E-state index is -0.0209. The first-order valence-electron chi connectivity index (χ1n) is 14.1. The summed E-state index contributed by atoms with van der Waals surface area (Å²) in [5.41, 5.74) is 4.59. The van der Waals surface area contributed by atoms with Crippen LogP contribution in [0.5, 0.6) is 5.88 Å². The first kappa shape index (κ1) is 24.5. The first-order chi connectivity index (χ1) is 19.0. The van der Waals surface area contributed by atoms with Crippen molar-refractivity contribution in [1.29, 1.82) is 0 Å². The molecular weight excluding hydrogens is 508 g/mol. The highest BCUT2D eigenvalue weighted by Crippen LogP contribution is 2.43. The molecule has 1 atom stereocenters. The average Bonchev–Trinajstić information content (AvgIpc) is 3.54. The van der Waals surface area contributed by atoms with E-state index in [1.807, 2.05) is 47.4 Å². The predicted molar refractivity (Wildman–Crippen MR) is 155 cm³/mol. The van der Waals surface area contributed by atoms with Crippen molar-refractivity contribution < 1.29 is 9.90 Å². The lowest BCUT2D eigenvalue weighted by Crippen LogP contribution is -2.42. The second kappa shape index (κ2) is 9.60. The maximum absolute atomic E-state index is 13.8. The first-order valence-corrected chi connectivity index (χ1v) is 14.4. The van der Waals surface area contributed by atoms with Gasteiger partial charge in [-0.15, -0.1) is 0 Å². The van der Waals surface area contributed by atoms with Gasteiger partial charge in [-0.05, 0) is 85.4 Å². The van der Waals surface area contributed by atoms with Crippen LogP contribution in [0, 0.1) is 5.41 Å². The molecule has 4 aromatic rings. The Kier molecular flexibility index (Phi) is 6.03. The molecule has 0 bridgehead atoms. The number of carbonyl (C=O) groups is 1. The number of aromatic nitrogens is 2. The third-order valence-electron chi connectivity index (χ3n) is 9.38. The second-order valence-corrected chi connectivity index (χ2v) is 12.0. The highest BCUT2D eigenvalue weighted by atomic mass is 35.5. The van der Waals surface area contributed by atoms with Gasteiger partial charge in [0, 0.05) is 61.4 Å². The molecule has 0 unspecified atom stereocenters. The number of aryl methyl sites for hydroxylation is 1. The topological polar surface area (TPSA) is 61.6 Å². The van der Waals surface area contributed by atoms with Gasteiger partial charge in [-0.3, -0.25) is 9.78 Å². The van der Waals surface area contributed by atoms with Gasteiger partial charge in [0.15, 0.2) is 0 Å². The quantitative estimate of drug-likeness (QED) is 0.324. The number of rotatable bonds is 3. The van der Waals surface area contributed by atoms with Crippen LogP contribution >= 0.6 is 11.6 Å². The number of piperidine rings is 1. The van der Waals surface area contributed by atoms with Crippen molar-refractivity contribution in [1.82, 2.24) is 14.5 Å². The number of amides is 1. The van der Waals surface area contributed by atoms with Gasteiger partial charge in [-0.25, -0.2) is 0 Å². The maximum Gasteiger partial charge on any atom is 0.253 e. The van der Waals surface area contributed by atoms with E-state index in [4.69, 9.17) is 11.6 Å². The van der Waals surface area contributed by atoms with E-state index >= 15 is 0 Å².